The van der Waals surface area contributed by atoms with Crippen LogP contribution in [-0.2, 0) is 6.61 Å². The summed E-state index contributed by atoms with van der Waals surface area (Å²) in [5.74, 6) is 0.946. The van der Waals surface area contributed by atoms with Crippen LogP contribution in [0, 0.1) is 25.2 Å². The van der Waals surface area contributed by atoms with E-state index in [0.717, 1.165) is 28.1 Å². The molecule has 140 valence electrons. The average molecular weight is 372 g/mol. The molecule has 0 aliphatic carbocycles. The molecule has 0 bridgehead atoms. The Bertz CT molecular complexity index is 1090. The molecule has 1 aliphatic rings. The molecule has 2 heterocycles. The summed E-state index contributed by atoms with van der Waals surface area (Å²) in [5.41, 5.74) is 11.3. The number of aromatic nitrogens is 2. The number of hydrogen-bond donors (Lipinski definition) is 2. The summed E-state index contributed by atoms with van der Waals surface area (Å²) in [6.45, 7) is 4.47. The molecule has 3 N–H and O–H groups in total. The third kappa shape index (κ3) is 3.08. The summed E-state index contributed by atoms with van der Waals surface area (Å²) in [7, 11) is 0. The molecular weight excluding hydrogens is 352 g/mol. The molecule has 0 saturated heterocycles. The lowest BCUT2D eigenvalue weighted by Gasteiger charge is -2.23. The van der Waals surface area contributed by atoms with E-state index in [9.17, 15) is 5.26 Å². The van der Waals surface area contributed by atoms with Crippen LogP contribution < -0.4 is 15.2 Å². The first-order valence-corrected chi connectivity index (χ1v) is 8.98. The molecule has 3 aromatic rings. The van der Waals surface area contributed by atoms with Crippen LogP contribution >= 0.6 is 0 Å². The molecule has 0 saturated carbocycles. The van der Waals surface area contributed by atoms with Crippen molar-refractivity contribution in [2.75, 3.05) is 0 Å². The third-order valence-corrected chi connectivity index (χ3v) is 5.00. The van der Waals surface area contributed by atoms with Gasteiger partial charge in [-0.3, -0.25) is 5.10 Å². The second-order valence-electron chi connectivity index (χ2n) is 6.78. The minimum absolute atomic E-state index is 0.0892. The maximum absolute atomic E-state index is 9.61. The number of ether oxygens (including phenoxy) is 2. The highest BCUT2D eigenvalue weighted by Crippen LogP contribution is 2.42. The smallest absolute Gasteiger partial charge is 0.244 e. The molecule has 6 heteroatoms. The first-order valence-electron chi connectivity index (χ1n) is 8.98. The Balaban J connectivity index is 1.61. The van der Waals surface area contributed by atoms with Crippen molar-refractivity contribution in [3.05, 3.63) is 87.9 Å². The second-order valence-corrected chi connectivity index (χ2v) is 6.78. The van der Waals surface area contributed by atoms with E-state index in [1.807, 2.05) is 43.3 Å². The van der Waals surface area contributed by atoms with Crippen molar-refractivity contribution in [2.24, 2.45) is 5.73 Å². The molecule has 6 nitrogen and oxygen atoms in total. The topological polar surface area (TPSA) is 96.9 Å². The Morgan fingerprint density at radius 1 is 1.18 bits per heavy atom. The molecule has 1 atom stereocenters. The van der Waals surface area contributed by atoms with Gasteiger partial charge in [0, 0.05) is 11.3 Å². The van der Waals surface area contributed by atoms with Crippen LogP contribution in [0.25, 0.3) is 0 Å². The van der Waals surface area contributed by atoms with Crippen LogP contribution in [0.4, 0.5) is 0 Å². The average Bonchev–Trinajstić information content (AvgIpc) is 3.07. The number of nitriles is 1. The summed E-state index contributed by atoms with van der Waals surface area (Å²) >= 11 is 0. The van der Waals surface area contributed by atoms with E-state index in [1.165, 1.54) is 5.56 Å². The molecule has 4 rings (SSSR count). The molecular formula is C22H20N4O2. The van der Waals surface area contributed by atoms with Gasteiger partial charge in [-0.25, -0.2) is 0 Å². The number of benzene rings is 2. The maximum Gasteiger partial charge on any atom is 0.244 e. The van der Waals surface area contributed by atoms with E-state index >= 15 is 0 Å². The Kier molecular flexibility index (Phi) is 4.50. The predicted molar refractivity (Wildman–Crippen MR) is 105 cm³/mol. The number of aromatic amines is 1. The van der Waals surface area contributed by atoms with E-state index in [1.54, 1.807) is 0 Å². The summed E-state index contributed by atoms with van der Waals surface area (Å²) < 4.78 is 11.4. The van der Waals surface area contributed by atoms with Crippen LogP contribution in [0.15, 0.2) is 60.0 Å². The van der Waals surface area contributed by atoms with Crippen molar-refractivity contribution in [3.8, 4) is 17.7 Å². The Labute approximate surface area is 163 Å². The van der Waals surface area contributed by atoms with Crippen molar-refractivity contribution in [1.82, 2.24) is 10.2 Å². The van der Waals surface area contributed by atoms with E-state index < -0.39 is 0 Å². The minimum Gasteiger partial charge on any atom is -0.489 e. The second kappa shape index (κ2) is 7.12. The lowest BCUT2D eigenvalue weighted by atomic mass is 9.84. The van der Waals surface area contributed by atoms with Crippen molar-refractivity contribution in [1.29, 1.82) is 5.26 Å². The van der Waals surface area contributed by atoms with E-state index in [0.29, 0.717) is 18.1 Å². The van der Waals surface area contributed by atoms with Crippen LogP contribution in [0.2, 0.25) is 0 Å². The van der Waals surface area contributed by atoms with Gasteiger partial charge >= 0.3 is 0 Å². The van der Waals surface area contributed by atoms with E-state index in [-0.39, 0.29) is 11.8 Å². The minimum atomic E-state index is -0.321. The number of allylic oxidation sites excluding steroid dienone is 1. The number of H-pyrrole nitrogens is 1. The quantitative estimate of drug-likeness (QED) is 0.725. The first kappa shape index (κ1) is 17.7. The fraction of sp³-hybridized carbons (Fsp3) is 0.182. The van der Waals surface area contributed by atoms with Gasteiger partial charge in [0.25, 0.3) is 0 Å². The number of nitrogens with one attached hydrogen (secondary N) is 1. The highest BCUT2D eigenvalue weighted by atomic mass is 16.5. The van der Waals surface area contributed by atoms with Crippen molar-refractivity contribution < 1.29 is 9.47 Å². The zero-order valence-electron chi connectivity index (χ0n) is 15.7. The van der Waals surface area contributed by atoms with Gasteiger partial charge in [0.15, 0.2) is 0 Å². The number of nitrogens with zero attached hydrogens (tertiary/aromatic N) is 2. The highest BCUT2D eigenvalue weighted by Gasteiger charge is 2.34. The van der Waals surface area contributed by atoms with Crippen molar-refractivity contribution in [2.45, 2.75) is 26.4 Å². The van der Waals surface area contributed by atoms with E-state index in [2.05, 4.69) is 35.3 Å². The van der Waals surface area contributed by atoms with Gasteiger partial charge in [-0.05, 0) is 42.7 Å². The molecule has 1 aliphatic heterocycles. The zero-order chi connectivity index (χ0) is 19.7. The van der Waals surface area contributed by atoms with Gasteiger partial charge in [0.1, 0.15) is 24.0 Å². The Hall–Kier alpha value is -3.72. The molecule has 0 unspecified atom stereocenters. The van der Waals surface area contributed by atoms with Gasteiger partial charge in [0.05, 0.1) is 5.92 Å². The summed E-state index contributed by atoms with van der Waals surface area (Å²) in [5, 5.41) is 16.7. The summed E-state index contributed by atoms with van der Waals surface area (Å²) in [6, 6.07) is 18.0. The van der Waals surface area contributed by atoms with Crippen molar-refractivity contribution >= 4 is 0 Å². The largest absolute Gasteiger partial charge is 0.489 e. The standard InChI is InChI=1S/C22H20N4O2/c1-13-5-3-4-6-16(13)12-27-17-9-7-15(8-10-17)20-18(11-23)21(24)28-22-19(20)14(2)25-26-22/h3-10,20H,12,24H2,1-2H3,(H,25,26)/t20-/m1/s1. The third-order valence-electron chi connectivity index (χ3n) is 5.00. The maximum atomic E-state index is 9.61. The van der Waals surface area contributed by atoms with Gasteiger partial charge < -0.3 is 15.2 Å². The van der Waals surface area contributed by atoms with Gasteiger partial charge in [-0.2, -0.15) is 5.26 Å². The van der Waals surface area contributed by atoms with Crippen LogP contribution in [0.5, 0.6) is 11.6 Å². The Morgan fingerprint density at radius 3 is 2.64 bits per heavy atom. The van der Waals surface area contributed by atoms with Crippen LogP contribution in [0.3, 0.4) is 0 Å². The monoisotopic (exact) mass is 372 g/mol. The molecule has 0 fully saturated rings. The molecule has 28 heavy (non-hydrogen) atoms. The number of nitrogens with two attached hydrogens (primary N) is 1. The number of hydrogen-bond acceptors (Lipinski definition) is 5. The fourth-order valence-corrected chi connectivity index (χ4v) is 3.42. The zero-order valence-corrected chi connectivity index (χ0v) is 15.7. The SMILES string of the molecule is Cc1ccccc1COc1ccc([C@@H]2C(C#N)=C(N)Oc3n[nH]c(C)c32)cc1. The molecule has 1 aromatic heterocycles. The van der Waals surface area contributed by atoms with Crippen LogP contribution in [0.1, 0.15) is 33.9 Å². The summed E-state index contributed by atoms with van der Waals surface area (Å²) in [6.07, 6.45) is 0. The van der Waals surface area contributed by atoms with Crippen LogP contribution in [-0.4, -0.2) is 10.2 Å². The number of rotatable bonds is 4. The summed E-state index contributed by atoms with van der Waals surface area (Å²) in [4.78, 5) is 0. The normalized spacial score (nSPS) is 15.5. The fourth-order valence-electron chi connectivity index (χ4n) is 3.42. The first-order chi connectivity index (χ1) is 13.6. The van der Waals surface area contributed by atoms with E-state index in [4.69, 9.17) is 15.2 Å². The molecule has 0 amide bonds. The Morgan fingerprint density at radius 2 is 1.93 bits per heavy atom. The molecule has 0 radical (unpaired) electrons. The highest BCUT2D eigenvalue weighted by molar-refractivity contribution is 5.55. The lowest BCUT2D eigenvalue weighted by molar-refractivity contribution is 0.305. The molecule has 2 aromatic carbocycles. The van der Waals surface area contributed by atoms with Gasteiger partial charge in [-0.1, -0.05) is 36.4 Å². The lowest BCUT2D eigenvalue weighted by Crippen LogP contribution is -2.21. The van der Waals surface area contributed by atoms with Gasteiger partial charge in [-0.15, -0.1) is 5.10 Å². The number of fused-ring (bicyclic) bond motifs is 1. The predicted octanol–water partition coefficient (Wildman–Crippen LogP) is 3.82. The van der Waals surface area contributed by atoms with Gasteiger partial charge in [0.2, 0.25) is 11.8 Å². The van der Waals surface area contributed by atoms with Crippen molar-refractivity contribution in [3.63, 3.8) is 0 Å². The number of aryl methyl sites for hydroxylation is 2. The molecule has 0 spiro atoms.